The highest BCUT2D eigenvalue weighted by Gasteiger charge is 2.24. The number of aryl methyl sites for hydroxylation is 2. The summed E-state index contributed by atoms with van der Waals surface area (Å²) in [4.78, 5) is 0. The molecule has 152 valence electrons. The topological polar surface area (TPSA) is 61.4 Å². The second-order valence-electron chi connectivity index (χ2n) is 7.57. The van der Waals surface area contributed by atoms with Gasteiger partial charge in [-0.2, -0.15) is 9.78 Å². The third kappa shape index (κ3) is 3.41. The molecular weight excluding hydrogens is 399 g/mol. The van der Waals surface area contributed by atoms with E-state index in [2.05, 4.69) is 41.5 Å². The Morgan fingerprint density at radius 2 is 1.87 bits per heavy atom. The van der Waals surface area contributed by atoms with Gasteiger partial charge in [0.15, 0.2) is 0 Å². The summed E-state index contributed by atoms with van der Waals surface area (Å²) in [5.74, 6) is 0.443. The Balaban J connectivity index is 1.43. The highest BCUT2D eigenvalue weighted by atomic mass is 32.2. The molecule has 0 saturated heterocycles. The third-order valence-corrected chi connectivity index (χ3v) is 6.37. The van der Waals surface area contributed by atoms with Gasteiger partial charge in [0.05, 0.1) is 17.1 Å². The molecule has 0 fully saturated rings. The van der Waals surface area contributed by atoms with Crippen LogP contribution in [-0.2, 0) is 18.6 Å². The van der Waals surface area contributed by atoms with Crippen LogP contribution < -0.4 is 0 Å². The summed E-state index contributed by atoms with van der Waals surface area (Å²) in [6, 6.07) is 12.7. The van der Waals surface area contributed by atoms with Gasteiger partial charge in [0.25, 0.3) is 0 Å². The molecule has 0 amide bonds. The van der Waals surface area contributed by atoms with Crippen molar-refractivity contribution >= 4 is 11.8 Å². The van der Waals surface area contributed by atoms with Crippen LogP contribution in [0, 0.1) is 19.7 Å². The van der Waals surface area contributed by atoms with Crippen LogP contribution in [-0.4, -0.2) is 30.0 Å². The minimum absolute atomic E-state index is 0.239. The second-order valence-corrected chi connectivity index (χ2v) is 8.51. The lowest BCUT2D eigenvalue weighted by Gasteiger charge is -2.08. The van der Waals surface area contributed by atoms with Crippen LogP contribution in [0.3, 0.4) is 0 Å². The molecule has 0 spiro atoms. The first kappa shape index (κ1) is 19.0. The number of benzene rings is 2. The Kier molecular flexibility index (Phi) is 4.86. The zero-order valence-electron chi connectivity index (χ0n) is 16.8. The molecule has 0 unspecified atom stereocenters. The molecule has 0 bridgehead atoms. The van der Waals surface area contributed by atoms with Gasteiger partial charge >= 0.3 is 0 Å². The van der Waals surface area contributed by atoms with Crippen molar-refractivity contribution in [2.45, 2.75) is 44.0 Å². The first-order valence-electron chi connectivity index (χ1n) is 9.94. The maximum Gasteiger partial charge on any atom is 0.214 e. The number of halogens is 1. The van der Waals surface area contributed by atoms with Crippen molar-refractivity contribution in [1.29, 1.82) is 0 Å². The quantitative estimate of drug-likeness (QED) is 0.448. The maximum atomic E-state index is 13.3. The summed E-state index contributed by atoms with van der Waals surface area (Å²) in [5, 5.41) is 17.9. The fraction of sp³-hybridized carbons (Fsp3) is 0.273. The predicted molar refractivity (Wildman–Crippen MR) is 114 cm³/mol. The van der Waals surface area contributed by atoms with Crippen molar-refractivity contribution in [3.63, 3.8) is 0 Å². The number of tetrazole rings is 1. The standard InChI is InChI=1S/C22H21FN6S/c1-14-6-11-20(15(2)12-14)29-22(24-26-27-29)30-13-19-18-4-3-5-21(18)28(25-19)17-9-7-16(23)8-10-17/h6-12H,3-5,13H2,1-2H3. The van der Waals surface area contributed by atoms with Crippen LogP contribution in [0.4, 0.5) is 4.39 Å². The van der Waals surface area contributed by atoms with Crippen molar-refractivity contribution in [3.05, 3.63) is 76.4 Å². The van der Waals surface area contributed by atoms with Gasteiger partial charge in [-0.1, -0.05) is 29.5 Å². The average Bonchev–Trinajstić information content (AvgIpc) is 3.44. The smallest absolute Gasteiger partial charge is 0.214 e. The molecule has 5 rings (SSSR count). The van der Waals surface area contributed by atoms with Gasteiger partial charge in [-0.15, -0.1) is 5.10 Å². The molecule has 0 radical (unpaired) electrons. The van der Waals surface area contributed by atoms with Crippen LogP contribution in [0.5, 0.6) is 0 Å². The molecule has 2 aromatic heterocycles. The summed E-state index contributed by atoms with van der Waals surface area (Å²) in [6.07, 6.45) is 3.13. The predicted octanol–water partition coefficient (Wildman–Crippen LogP) is 4.38. The normalized spacial score (nSPS) is 13.0. The number of thioether (sulfide) groups is 1. The lowest BCUT2D eigenvalue weighted by atomic mass is 10.1. The number of hydrogen-bond donors (Lipinski definition) is 0. The molecule has 2 aromatic carbocycles. The van der Waals surface area contributed by atoms with E-state index in [9.17, 15) is 4.39 Å². The van der Waals surface area contributed by atoms with Crippen molar-refractivity contribution in [2.24, 2.45) is 0 Å². The molecule has 1 aliphatic rings. The number of aromatic nitrogens is 6. The van der Waals surface area contributed by atoms with E-state index in [0.717, 1.165) is 47.1 Å². The van der Waals surface area contributed by atoms with Gasteiger partial charge in [0.2, 0.25) is 5.16 Å². The monoisotopic (exact) mass is 420 g/mol. The van der Waals surface area contributed by atoms with Gasteiger partial charge in [0, 0.05) is 11.4 Å². The largest absolute Gasteiger partial charge is 0.237 e. The number of rotatable bonds is 5. The zero-order chi connectivity index (χ0) is 20.7. The first-order chi connectivity index (χ1) is 14.6. The fourth-order valence-electron chi connectivity index (χ4n) is 4.02. The number of fused-ring (bicyclic) bond motifs is 1. The Bertz CT molecular complexity index is 1210. The van der Waals surface area contributed by atoms with Gasteiger partial charge < -0.3 is 0 Å². The molecule has 0 N–H and O–H groups in total. The van der Waals surface area contributed by atoms with Crippen LogP contribution in [0.2, 0.25) is 0 Å². The Hall–Kier alpha value is -3.00. The van der Waals surface area contributed by atoms with Crippen LogP contribution in [0.15, 0.2) is 47.6 Å². The SMILES string of the molecule is Cc1ccc(-n2nnnc2SCc2nn(-c3ccc(F)cc3)c3c2CCC3)c(C)c1. The van der Waals surface area contributed by atoms with Gasteiger partial charge in [-0.3, -0.25) is 0 Å². The molecule has 2 heterocycles. The maximum absolute atomic E-state index is 13.3. The number of nitrogens with zero attached hydrogens (tertiary/aromatic N) is 6. The van der Waals surface area contributed by atoms with E-state index in [4.69, 9.17) is 5.10 Å². The lowest BCUT2D eigenvalue weighted by molar-refractivity contribution is 0.626. The molecule has 30 heavy (non-hydrogen) atoms. The number of hydrogen-bond acceptors (Lipinski definition) is 5. The van der Waals surface area contributed by atoms with Crippen molar-refractivity contribution < 1.29 is 4.39 Å². The Morgan fingerprint density at radius 3 is 2.67 bits per heavy atom. The van der Waals surface area contributed by atoms with Crippen molar-refractivity contribution in [1.82, 2.24) is 30.0 Å². The molecule has 8 heteroatoms. The van der Waals surface area contributed by atoms with E-state index in [-0.39, 0.29) is 5.82 Å². The Labute approximate surface area is 178 Å². The van der Waals surface area contributed by atoms with Crippen LogP contribution in [0.1, 0.15) is 34.5 Å². The molecular formula is C22H21FN6S. The summed E-state index contributed by atoms with van der Waals surface area (Å²) in [7, 11) is 0. The lowest BCUT2D eigenvalue weighted by Crippen LogP contribution is -2.03. The van der Waals surface area contributed by atoms with E-state index in [1.54, 1.807) is 28.6 Å². The first-order valence-corrected chi connectivity index (χ1v) is 10.9. The van der Waals surface area contributed by atoms with Crippen LogP contribution >= 0.6 is 11.8 Å². The van der Waals surface area contributed by atoms with Gasteiger partial charge in [-0.25, -0.2) is 9.07 Å². The summed E-state index contributed by atoms with van der Waals surface area (Å²) < 4.78 is 17.1. The molecule has 6 nitrogen and oxygen atoms in total. The van der Waals surface area contributed by atoms with E-state index < -0.39 is 0 Å². The van der Waals surface area contributed by atoms with Gasteiger partial charge in [0.1, 0.15) is 5.82 Å². The molecule has 0 aliphatic heterocycles. The summed E-state index contributed by atoms with van der Waals surface area (Å²) >= 11 is 1.58. The average molecular weight is 421 g/mol. The minimum atomic E-state index is -0.239. The van der Waals surface area contributed by atoms with E-state index >= 15 is 0 Å². The highest BCUT2D eigenvalue weighted by Crippen LogP contribution is 2.32. The zero-order valence-corrected chi connectivity index (χ0v) is 17.7. The fourth-order valence-corrected chi connectivity index (χ4v) is 4.87. The van der Waals surface area contributed by atoms with E-state index in [1.165, 1.54) is 29.0 Å². The molecule has 4 aromatic rings. The highest BCUT2D eigenvalue weighted by molar-refractivity contribution is 7.98. The molecule has 0 atom stereocenters. The summed E-state index contributed by atoms with van der Waals surface area (Å²) in [6.45, 7) is 4.14. The summed E-state index contributed by atoms with van der Waals surface area (Å²) in [5.41, 5.74) is 7.79. The van der Waals surface area contributed by atoms with Crippen molar-refractivity contribution in [3.8, 4) is 11.4 Å². The van der Waals surface area contributed by atoms with Gasteiger partial charge in [-0.05, 0) is 85.0 Å². The molecule has 1 aliphatic carbocycles. The molecule has 0 saturated carbocycles. The minimum Gasteiger partial charge on any atom is -0.237 e. The second kappa shape index (κ2) is 7.68. The van der Waals surface area contributed by atoms with Crippen molar-refractivity contribution in [2.75, 3.05) is 0 Å². The van der Waals surface area contributed by atoms with E-state index in [1.807, 2.05) is 10.7 Å². The van der Waals surface area contributed by atoms with E-state index in [0.29, 0.717) is 5.75 Å². The third-order valence-electron chi connectivity index (χ3n) is 5.44. The van der Waals surface area contributed by atoms with Crippen LogP contribution in [0.25, 0.3) is 11.4 Å². The Morgan fingerprint density at radius 1 is 1.03 bits per heavy atom.